The highest BCUT2D eigenvalue weighted by molar-refractivity contribution is 6.00. The zero-order valence-corrected chi connectivity index (χ0v) is 16.4. The SMILES string of the molecule is N#Cc1c(F)cccc1NCCNC(=O)c1cc([N+](=O)[O-])ccc1N1CCCCC1. The van der Waals surface area contributed by atoms with E-state index in [9.17, 15) is 19.3 Å². The van der Waals surface area contributed by atoms with E-state index in [0.717, 1.165) is 32.4 Å². The highest BCUT2D eigenvalue weighted by Gasteiger charge is 2.21. The normalized spacial score (nSPS) is 13.4. The first-order valence-electron chi connectivity index (χ1n) is 9.75. The fourth-order valence-electron chi connectivity index (χ4n) is 3.48. The van der Waals surface area contributed by atoms with Gasteiger partial charge in [0.05, 0.1) is 21.9 Å². The van der Waals surface area contributed by atoms with Crippen LogP contribution in [0.1, 0.15) is 35.2 Å². The molecule has 1 fully saturated rings. The molecule has 2 aromatic rings. The molecule has 0 aliphatic carbocycles. The molecule has 156 valence electrons. The molecule has 0 bridgehead atoms. The Bertz CT molecular complexity index is 983. The number of benzene rings is 2. The molecule has 2 N–H and O–H groups in total. The van der Waals surface area contributed by atoms with Gasteiger partial charge < -0.3 is 15.5 Å². The number of rotatable bonds is 7. The van der Waals surface area contributed by atoms with E-state index in [0.29, 0.717) is 11.4 Å². The summed E-state index contributed by atoms with van der Waals surface area (Å²) >= 11 is 0. The van der Waals surface area contributed by atoms with Gasteiger partial charge in [0, 0.05) is 38.3 Å². The predicted molar refractivity (Wildman–Crippen MR) is 111 cm³/mol. The highest BCUT2D eigenvalue weighted by atomic mass is 19.1. The van der Waals surface area contributed by atoms with E-state index in [1.54, 1.807) is 18.2 Å². The molecule has 1 amide bonds. The van der Waals surface area contributed by atoms with Crippen LogP contribution in [0, 0.1) is 27.3 Å². The standard InChI is InChI=1S/C21H22FN5O3/c22-18-5-4-6-19(17(18)14-23)24-9-10-25-21(28)16-13-15(27(29)30)7-8-20(16)26-11-2-1-3-12-26/h4-8,13,24H,1-3,9-12H2,(H,25,28). The van der Waals surface area contributed by atoms with Gasteiger partial charge in [0.15, 0.2) is 0 Å². The Hall–Kier alpha value is -3.67. The third-order valence-electron chi connectivity index (χ3n) is 4.98. The van der Waals surface area contributed by atoms with E-state index in [1.165, 1.54) is 24.3 Å². The molecule has 1 aliphatic heterocycles. The molecule has 3 rings (SSSR count). The van der Waals surface area contributed by atoms with Crippen LogP contribution in [0.5, 0.6) is 0 Å². The lowest BCUT2D eigenvalue weighted by atomic mass is 10.1. The Morgan fingerprint density at radius 2 is 1.97 bits per heavy atom. The number of amides is 1. The second-order valence-electron chi connectivity index (χ2n) is 6.96. The maximum Gasteiger partial charge on any atom is 0.270 e. The summed E-state index contributed by atoms with van der Waals surface area (Å²) in [6.07, 6.45) is 3.15. The van der Waals surface area contributed by atoms with Crippen molar-refractivity contribution in [3.05, 3.63) is 63.5 Å². The Morgan fingerprint density at radius 3 is 2.67 bits per heavy atom. The average Bonchev–Trinajstić information content (AvgIpc) is 2.76. The summed E-state index contributed by atoms with van der Waals surface area (Å²) in [7, 11) is 0. The topological polar surface area (TPSA) is 111 Å². The number of piperidine rings is 1. The highest BCUT2D eigenvalue weighted by Crippen LogP contribution is 2.28. The quantitative estimate of drug-likeness (QED) is 0.410. The van der Waals surface area contributed by atoms with Crippen molar-refractivity contribution in [3.63, 3.8) is 0 Å². The van der Waals surface area contributed by atoms with E-state index < -0.39 is 16.6 Å². The zero-order chi connectivity index (χ0) is 21.5. The van der Waals surface area contributed by atoms with Gasteiger partial charge in [-0.15, -0.1) is 0 Å². The molecule has 1 heterocycles. The summed E-state index contributed by atoms with van der Waals surface area (Å²) < 4.78 is 13.6. The van der Waals surface area contributed by atoms with Crippen molar-refractivity contribution in [1.29, 1.82) is 5.26 Å². The van der Waals surface area contributed by atoms with Gasteiger partial charge in [-0.2, -0.15) is 5.26 Å². The minimum atomic E-state index is -0.616. The molecule has 9 heteroatoms. The number of anilines is 2. The first kappa shape index (κ1) is 21.0. The monoisotopic (exact) mass is 411 g/mol. The summed E-state index contributed by atoms with van der Waals surface area (Å²) in [6, 6.07) is 10.4. The van der Waals surface area contributed by atoms with Crippen LogP contribution in [-0.2, 0) is 0 Å². The number of nitrogens with one attached hydrogen (secondary N) is 2. The first-order chi connectivity index (χ1) is 14.5. The number of carbonyl (C=O) groups is 1. The summed E-state index contributed by atoms with van der Waals surface area (Å²) in [6.45, 7) is 2.06. The lowest BCUT2D eigenvalue weighted by molar-refractivity contribution is -0.384. The van der Waals surface area contributed by atoms with Gasteiger partial charge in [-0.25, -0.2) is 4.39 Å². The van der Waals surface area contributed by atoms with E-state index in [4.69, 9.17) is 5.26 Å². The van der Waals surface area contributed by atoms with Gasteiger partial charge in [-0.05, 0) is 37.5 Å². The number of hydrogen-bond acceptors (Lipinski definition) is 6. The average molecular weight is 411 g/mol. The first-order valence-corrected chi connectivity index (χ1v) is 9.75. The van der Waals surface area contributed by atoms with E-state index in [2.05, 4.69) is 15.5 Å². The van der Waals surface area contributed by atoms with Crippen LogP contribution in [0.15, 0.2) is 36.4 Å². The molecule has 30 heavy (non-hydrogen) atoms. The Balaban J connectivity index is 1.68. The van der Waals surface area contributed by atoms with E-state index in [-0.39, 0.29) is 29.9 Å². The molecular formula is C21H22FN5O3. The van der Waals surface area contributed by atoms with Crippen molar-refractivity contribution >= 4 is 23.0 Å². The molecule has 1 aliphatic rings. The zero-order valence-electron chi connectivity index (χ0n) is 16.4. The molecule has 0 atom stereocenters. The van der Waals surface area contributed by atoms with Crippen LogP contribution in [0.4, 0.5) is 21.5 Å². The van der Waals surface area contributed by atoms with Crippen molar-refractivity contribution in [1.82, 2.24) is 5.32 Å². The lowest BCUT2D eigenvalue weighted by Gasteiger charge is -2.30. The van der Waals surface area contributed by atoms with E-state index >= 15 is 0 Å². The Labute approximate surface area is 173 Å². The second kappa shape index (κ2) is 9.69. The van der Waals surface area contributed by atoms with Crippen molar-refractivity contribution in [2.24, 2.45) is 0 Å². The smallest absolute Gasteiger partial charge is 0.270 e. The van der Waals surface area contributed by atoms with Crippen molar-refractivity contribution < 1.29 is 14.1 Å². The molecular weight excluding hydrogens is 389 g/mol. The van der Waals surface area contributed by atoms with Gasteiger partial charge in [-0.1, -0.05) is 6.07 Å². The third kappa shape index (κ3) is 4.84. The number of nitrogens with zero attached hydrogens (tertiary/aromatic N) is 3. The maximum atomic E-state index is 13.6. The number of halogens is 1. The summed E-state index contributed by atoms with van der Waals surface area (Å²) in [4.78, 5) is 25.5. The predicted octanol–water partition coefficient (Wildman–Crippen LogP) is 3.44. The molecule has 0 unspecified atom stereocenters. The number of hydrogen-bond donors (Lipinski definition) is 2. The summed E-state index contributed by atoms with van der Waals surface area (Å²) in [5.74, 6) is -1.03. The van der Waals surface area contributed by atoms with Crippen molar-refractivity contribution in [3.8, 4) is 6.07 Å². The molecule has 1 saturated heterocycles. The maximum absolute atomic E-state index is 13.6. The number of nitriles is 1. The Morgan fingerprint density at radius 1 is 1.20 bits per heavy atom. The Kier molecular flexibility index (Phi) is 6.80. The molecule has 0 radical (unpaired) electrons. The molecule has 8 nitrogen and oxygen atoms in total. The number of nitro groups is 1. The fraction of sp³-hybridized carbons (Fsp3) is 0.333. The van der Waals surface area contributed by atoms with Crippen molar-refractivity contribution in [2.45, 2.75) is 19.3 Å². The van der Waals surface area contributed by atoms with Crippen LogP contribution < -0.4 is 15.5 Å². The summed E-state index contributed by atoms with van der Waals surface area (Å²) in [5, 5.41) is 25.9. The van der Waals surface area contributed by atoms with E-state index in [1.807, 2.05) is 0 Å². The molecule has 0 aromatic heterocycles. The van der Waals surface area contributed by atoms with Crippen molar-refractivity contribution in [2.75, 3.05) is 36.4 Å². The van der Waals surface area contributed by atoms with Gasteiger partial charge in [0.25, 0.3) is 11.6 Å². The second-order valence-corrected chi connectivity index (χ2v) is 6.96. The fourth-order valence-corrected chi connectivity index (χ4v) is 3.48. The molecule has 2 aromatic carbocycles. The van der Waals surface area contributed by atoms with Crippen LogP contribution >= 0.6 is 0 Å². The van der Waals surface area contributed by atoms with Crippen LogP contribution in [0.2, 0.25) is 0 Å². The lowest BCUT2D eigenvalue weighted by Crippen LogP contribution is -2.34. The number of carbonyl (C=O) groups excluding carboxylic acids is 1. The van der Waals surface area contributed by atoms with Gasteiger partial charge in [-0.3, -0.25) is 14.9 Å². The van der Waals surface area contributed by atoms with Gasteiger partial charge in [0.1, 0.15) is 17.4 Å². The summed E-state index contributed by atoms with van der Waals surface area (Å²) in [5.41, 5.74) is 1.06. The van der Waals surface area contributed by atoms with Gasteiger partial charge >= 0.3 is 0 Å². The van der Waals surface area contributed by atoms with Crippen LogP contribution in [-0.4, -0.2) is 37.0 Å². The molecule has 0 saturated carbocycles. The number of non-ortho nitro benzene ring substituents is 1. The molecule has 0 spiro atoms. The van der Waals surface area contributed by atoms with Crippen LogP contribution in [0.25, 0.3) is 0 Å². The third-order valence-corrected chi connectivity index (χ3v) is 4.98. The van der Waals surface area contributed by atoms with Gasteiger partial charge in [0.2, 0.25) is 0 Å². The van der Waals surface area contributed by atoms with Crippen LogP contribution in [0.3, 0.4) is 0 Å². The minimum absolute atomic E-state index is 0.0881. The number of nitro benzene ring substituents is 1. The minimum Gasteiger partial charge on any atom is -0.382 e. The largest absolute Gasteiger partial charge is 0.382 e.